The van der Waals surface area contributed by atoms with Gasteiger partial charge in [-0.25, -0.2) is 0 Å². The third kappa shape index (κ3) is 2.27. The van der Waals surface area contributed by atoms with Gasteiger partial charge >= 0.3 is 0 Å². The van der Waals surface area contributed by atoms with Crippen LogP contribution in [0.4, 0.5) is 5.69 Å². The Bertz CT molecular complexity index is 236. The number of carbonyl (C=O) groups is 1. The van der Waals surface area contributed by atoms with Crippen LogP contribution < -0.4 is 10.2 Å². The molecule has 64 valence electrons. The number of para-hydroxylation sites is 1. The van der Waals surface area contributed by atoms with Crippen molar-refractivity contribution in [2.45, 2.75) is 0 Å². The van der Waals surface area contributed by atoms with Gasteiger partial charge in [0.2, 0.25) is 6.41 Å². The van der Waals surface area contributed by atoms with Crippen LogP contribution in [0.25, 0.3) is 0 Å². The van der Waals surface area contributed by atoms with Gasteiger partial charge in [-0.1, -0.05) is 18.2 Å². The summed E-state index contributed by atoms with van der Waals surface area (Å²) in [5.74, 6) is 0. The quantitative estimate of drug-likeness (QED) is 0.528. The van der Waals surface area contributed by atoms with Gasteiger partial charge in [-0.2, -0.15) is 0 Å². The van der Waals surface area contributed by atoms with Crippen LogP contribution >= 0.6 is 0 Å². The number of hydrogen-bond acceptors (Lipinski definition) is 2. The largest absolute Gasteiger partial charge is 0.357 e. The van der Waals surface area contributed by atoms with Gasteiger partial charge in [-0.05, 0) is 12.1 Å². The molecule has 0 atom stereocenters. The number of amides is 1. The molecule has 1 aromatic carbocycles. The van der Waals surface area contributed by atoms with Crippen LogP contribution in [0.1, 0.15) is 0 Å². The SMILES string of the molecule is CN(CNC=O)c1ccccc1. The second-order valence-corrected chi connectivity index (χ2v) is 2.51. The lowest BCUT2D eigenvalue weighted by Gasteiger charge is -2.17. The van der Waals surface area contributed by atoms with E-state index in [1.165, 1.54) is 0 Å². The summed E-state index contributed by atoms with van der Waals surface area (Å²) in [4.78, 5) is 12.0. The third-order valence-corrected chi connectivity index (χ3v) is 1.61. The summed E-state index contributed by atoms with van der Waals surface area (Å²) in [6.07, 6.45) is 0.694. The minimum absolute atomic E-state index is 0.535. The third-order valence-electron chi connectivity index (χ3n) is 1.61. The van der Waals surface area contributed by atoms with Gasteiger partial charge in [0, 0.05) is 12.7 Å². The molecule has 1 rings (SSSR count). The van der Waals surface area contributed by atoms with Gasteiger partial charge in [0.15, 0.2) is 0 Å². The number of anilines is 1. The molecule has 0 unspecified atom stereocenters. The molecule has 12 heavy (non-hydrogen) atoms. The smallest absolute Gasteiger partial charge is 0.208 e. The van der Waals surface area contributed by atoms with Crippen molar-refractivity contribution in [1.29, 1.82) is 0 Å². The highest BCUT2D eigenvalue weighted by Gasteiger charge is 1.95. The maximum absolute atomic E-state index is 10.0. The van der Waals surface area contributed by atoms with E-state index < -0.39 is 0 Å². The maximum Gasteiger partial charge on any atom is 0.208 e. The maximum atomic E-state index is 10.0. The van der Waals surface area contributed by atoms with Gasteiger partial charge < -0.3 is 10.2 Å². The first-order chi connectivity index (χ1) is 5.84. The van der Waals surface area contributed by atoms with Crippen molar-refractivity contribution in [3.63, 3.8) is 0 Å². The molecule has 1 aromatic rings. The summed E-state index contributed by atoms with van der Waals surface area (Å²) < 4.78 is 0. The zero-order valence-corrected chi connectivity index (χ0v) is 7.03. The first-order valence-corrected chi connectivity index (χ1v) is 3.78. The molecule has 0 radical (unpaired) electrons. The summed E-state index contributed by atoms with van der Waals surface area (Å²) in [6, 6.07) is 9.88. The molecule has 3 nitrogen and oxygen atoms in total. The Morgan fingerprint density at radius 2 is 2.08 bits per heavy atom. The molecule has 0 fully saturated rings. The first-order valence-electron chi connectivity index (χ1n) is 3.78. The molecular formula is C9H12N2O. The molecule has 3 heteroatoms. The average molecular weight is 164 g/mol. The highest BCUT2D eigenvalue weighted by Crippen LogP contribution is 2.08. The van der Waals surface area contributed by atoms with E-state index in [1.54, 1.807) is 0 Å². The fraction of sp³-hybridized carbons (Fsp3) is 0.222. The molecule has 1 amide bonds. The van der Waals surface area contributed by atoms with Crippen LogP contribution in [0.3, 0.4) is 0 Å². The van der Waals surface area contributed by atoms with Crippen molar-refractivity contribution in [3.8, 4) is 0 Å². The number of nitrogens with one attached hydrogen (secondary N) is 1. The van der Waals surface area contributed by atoms with Gasteiger partial charge in [0.1, 0.15) is 0 Å². The molecule has 0 aliphatic heterocycles. The molecule has 0 saturated carbocycles. The Hall–Kier alpha value is -1.51. The molecule has 0 saturated heterocycles. The van der Waals surface area contributed by atoms with Crippen molar-refractivity contribution in [2.75, 3.05) is 18.6 Å². The van der Waals surface area contributed by atoms with Crippen molar-refractivity contribution in [2.24, 2.45) is 0 Å². The summed E-state index contributed by atoms with van der Waals surface area (Å²) in [5.41, 5.74) is 1.09. The topological polar surface area (TPSA) is 32.3 Å². The Balaban J connectivity index is 2.53. The molecule has 0 heterocycles. The Labute approximate surface area is 72.0 Å². The lowest BCUT2D eigenvalue weighted by Crippen LogP contribution is -2.29. The predicted molar refractivity (Wildman–Crippen MR) is 48.9 cm³/mol. The average Bonchev–Trinajstić information content (AvgIpc) is 2.15. The van der Waals surface area contributed by atoms with Crippen molar-refractivity contribution in [3.05, 3.63) is 30.3 Å². The Morgan fingerprint density at radius 1 is 1.42 bits per heavy atom. The van der Waals surface area contributed by atoms with E-state index in [-0.39, 0.29) is 0 Å². The summed E-state index contributed by atoms with van der Waals surface area (Å²) in [7, 11) is 1.92. The minimum atomic E-state index is 0.535. The van der Waals surface area contributed by atoms with E-state index >= 15 is 0 Å². The fourth-order valence-corrected chi connectivity index (χ4v) is 0.948. The van der Waals surface area contributed by atoms with Crippen LogP contribution in [0.5, 0.6) is 0 Å². The molecule has 0 aliphatic carbocycles. The lowest BCUT2D eigenvalue weighted by atomic mass is 10.3. The van der Waals surface area contributed by atoms with Crippen LogP contribution in [0, 0.1) is 0 Å². The summed E-state index contributed by atoms with van der Waals surface area (Å²) in [5, 5.41) is 2.59. The predicted octanol–water partition coefficient (Wildman–Crippen LogP) is 0.826. The van der Waals surface area contributed by atoms with E-state index in [0.717, 1.165) is 5.69 Å². The Morgan fingerprint density at radius 3 is 2.67 bits per heavy atom. The number of rotatable bonds is 4. The molecular weight excluding hydrogens is 152 g/mol. The van der Waals surface area contributed by atoms with Gasteiger partial charge in [-0.3, -0.25) is 4.79 Å². The van der Waals surface area contributed by atoms with Gasteiger partial charge in [0.05, 0.1) is 6.67 Å². The summed E-state index contributed by atoms with van der Waals surface area (Å²) >= 11 is 0. The lowest BCUT2D eigenvalue weighted by molar-refractivity contribution is -0.109. The number of hydrogen-bond donors (Lipinski definition) is 1. The standard InChI is InChI=1S/C9H12N2O/c1-11(7-10-8-12)9-5-3-2-4-6-9/h2-6,8H,7H2,1H3,(H,10,12). The molecule has 1 N–H and O–H groups in total. The minimum Gasteiger partial charge on any atom is -0.357 e. The second-order valence-electron chi connectivity index (χ2n) is 2.51. The molecule has 0 spiro atoms. The Kier molecular flexibility index (Phi) is 3.14. The normalized spacial score (nSPS) is 9.08. The van der Waals surface area contributed by atoms with E-state index in [9.17, 15) is 4.79 Å². The van der Waals surface area contributed by atoms with E-state index in [0.29, 0.717) is 13.1 Å². The zero-order chi connectivity index (χ0) is 8.81. The zero-order valence-electron chi connectivity index (χ0n) is 7.03. The molecule has 0 bridgehead atoms. The highest BCUT2D eigenvalue weighted by atomic mass is 16.1. The molecule has 0 aliphatic rings. The monoisotopic (exact) mass is 164 g/mol. The number of benzene rings is 1. The number of carbonyl (C=O) groups excluding carboxylic acids is 1. The van der Waals surface area contributed by atoms with Crippen LogP contribution in [-0.2, 0) is 4.79 Å². The van der Waals surface area contributed by atoms with Crippen LogP contribution in [-0.4, -0.2) is 20.1 Å². The van der Waals surface area contributed by atoms with Crippen LogP contribution in [0.2, 0.25) is 0 Å². The summed E-state index contributed by atoms with van der Waals surface area (Å²) in [6.45, 7) is 0.535. The van der Waals surface area contributed by atoms with E-state index in [1.807, 2.05) is 42.3 Å². The molecule has 0 aromatic heterocycles. The van der Waals surface area contributed by atoms with Crippen LogP contribution in [0.15, 0.2) is 30.3 Å². The highest BCUT2D eigenvalue weighted by molar-refractivity contribution is 5.49. The van der Waals surface area contributed by atoms with Gasteiger partial charge in [-0.15, -0.1) is 0 Å². The van der Waals surface area contributed by atoms with Crippen molar-refractivity contribution in [1.82, 2.24) is 5.32 Å². The van der Waals surface area contributed by atoms with E-state index in [2.05, 4.69) is 5.32 Å². The fourth-order valence-electron chi connectivity index (χ4n) is 0.948. The first kappa shape index (κ1) is 8.59. The second kappa shape index (κ2) is 4.38. The number of nitrogens with zero attached hydrogens (tertiary/aromatic N) is 1. The van der Waals surface area contributed by atoms with E-state index in [4.69, 9.17) is 0 Å². The van der Waals surface area contributed by atoms with Crippen molar-refractivity contribution >= 4 is 12.1 Å². The van der Waals surface area contributed by atoms with Gasteiger partial charge in [0.25, 0.3) is 0 Å². The van der Waals surface area contributed by atoms with Crippen molar-refractivity contribution < 1.29 is 4.79 Å².